The predicted molar refractivity (Wildman–Crippen MR) is 123 cm³/mol. The summed E-state index contributed by atoms with van der Waals surface area (Å²) in [5.41, 5.74) is 0.533. The van der Waals surface area contributed by atoms with Gasteiger partial charge in [-0.2, -0.15) is 0 Å². The zero-order chi connectivity index (χ0) is 24.7. The summed E-state index contributed by atoms with van der Waals surface area (Å²) in [6.45, 7) is 0.417. The average Bonchev–Trinajstić information content (AvgIpc) is 2.77. The largest absolute Gasteiger partial charge is 0.493 e. The maximum atomic E-state index is 14.2. The highest BCUT2D eigenvalue weighted by Gasteiger charge is 2.15. The van der Waals surface area contributed by atoms with Crippen molar-refractivity contribution in [2.75, 3.05) is 19.5 Å². The van der Waals surface area contributed by atoms with Crippen LogP contribution in [0.2, 0.25) is 5.28 Å². The highest BCUT2D eigenvalue weighted by atomic mass is 35.5. The quantitative estimate of drug-likeness (QED) is 0.153. The highest BCUT2D eigenvalue weighted by molar-refractivity contribution is 7.83. The van der Waals surface area contributed by atoms with Gasteiger partial charge < -0.3 is 9.47 Å². The van der Waals surface area contributed by atoms with Crippen molar-refractivity contribution in [1.82, 2.24) is 9.97 Å². The molecule has 0 bridgehead atoms. The summed E-state index contributed by atoms with van der Waals surface area (Å²) in [4.78, 5) is 18.0. The molecule has 0 radical (unpaired) electrons. The van der Waals surface area contributed by atoms with Gasteiger partial charge in [-0.3, -0.25) is 14.3 Å². The lowest BCUT2D eigenvalue weighted by Gasteiger charge is -2.12. The molecule has 1 heterocycles. The first kappa shape index (κ1) is 25.4. The van der Waals surface area contributed by atoms with E-state index in [0.717, 1.165) is 18.3 Å². The van der Waals surface area contributed by atoms with E-state index < -0.39 is 27.4 Å². The predicted octanol–water partition coefficient (Wildman–Crippen LogP) is 5.10. The maximum Gasteiger partial charge on any atom is 0.273 e. The van der Waals surface area contributed by atoms with Crippen LogP contribution >= 0.6 is 11.6 Å². The SMILES string of the molecule is CS(=O)Cc1cc(OCCCCOc2cc(F)ccc2-c2nc(Cl)ncc2F)cc([N+](=O)[O-])c1. The van der Waals surface area contributed by atoms with Gasteiger partial charge in [0, 0.05) is 40.5 Å². The maximum absolute atomic E-state index is 14.2. The Labute approximate surface area is 201 Å². The number of nitro groups is 1. The molecule has 0 amide bonds. The van der Waals surface area contributed by atoms with E-state index in [0.29, 0.717) is 24.2 Å². The van der Waals surface area contributed by atoms with E-state index in [1.807, 2.05) is 0 Å². The fraction of sp³-hybridized carbons (Fsp3) is 0.273. The van der Waals surface area contributed by atoms with Crippen molar-refractivity contribution < 1.29 is 27.4 Å². The van der Waals surface area contributed by atoms with Crippen LogP contribution in [-0.4, -0.2) is 38.6 Å². The number of hydrogen-bond acceptors (Lipinski definition) is 7. The second kappa shape index (κ2) is 11.8. The Morgan fingerprint density at radius 1 is 1.12 bits per heavy atom. The lowest BCUT2D eigenvalue weighted by atomic mass is 10.1. The van der Waals surface area contributed by atoms with Gasteiger partial charge in [0.25, 0.3) is 5.69 Å². The van der Waals surface area contributed by atoms with Crippen LogP contribution < -0.4 is 9.47 Å². The van der Waals surface area contributed by atoms with Gasteiger partial charge >= 0.3 is 0 Å². The minimum atomic E-state index is -1.16. The van der Waals surface area contributed by atoms with Gasteiger partial charge in [-0.25, -0.2) is 18.7 Å². The molecule has 1 unspecified atom stereocenters. The van der Waals surface area contributed by atoms with Crippen molar-refractivity contribution in [3.63, 3.8) is 0 Å². The van der Waals surface area contributed by atoms with Crippen LogP contribution in [0.3, 0.4) is 0 Å². The third-order valence-electron chi connectivity index (χ3n) is 4.51. The first-order valence-electron chi connectivity index (χ1n) is 10.0. The van der Waals surface area contributed by atoms with Gasteiger partial charge in [0.1, 0.15) is 23.0 Å². The summed E-state index contributed by atoms with van der Waals surface area (Å²) in [5.74, 6) is -0.695. The smallest absolute Gasteiger partial charge is 0.273 e. The summed E-state index contributed by atoms with van der Waals surface area (Å²) in [6.07, 6.45) is 3.46. The molecule has 8 nitrogen and oxygen atoms in total. The third-order valence-corrected chi connectivity index (χ3v) is 5.43. The number of unbranched alkanes of at least 4 members (excludes halogenated alkanes) is 1. The van der Waals surface area contributed by atoms with E-state index in [1.54, 1.807) is 6.07 Å². The van der Waals surface area contributed by atoms with Crippen LogP contribution in [0.1, 0.15) is 18.4 Å². The zero-order valence-corrected chi connectivity index (χ0v) is 19.6. The Morgan fingerprint density at radius 3 is 2.56 bits per heavy atom. The summed E-state index contributed by atoms with van der Waals surface area (Å²) in [5, 5.41) is 11.0. The summed E-state index contributed by atoms with van der Waals surface area (Å²) >= 11 is 5.75. The zero-order valence-electron chi connectivity index (χ0n) is 18.0. The fourth-order valence-electron chi connectivity index (χ4n) is 3.07. The minimum Gasteiger partial charge on any atom is -0.493 e. The number of rotatable bonds is 11. The molecule has 12 heteroatoms. The van der Waals surface area contributed by atoms with Gasteiger partial charge in [0.2, 0.25) is 5.28 Å². The minimum absolute atomic E-state index is 0.102. The van der Waals surface area contributed by atoms with Gasteiger partial charge in [0.15, 0.2) is 5.82 Å². The molecule has 180 valence electrons. The van der Waals surface area contributed by atoms with Crippen molar-refractivity contribution in [2.45, 2.75) is 18.6 Å². The molecule has 0 aliphatic carbocycles. The fourth-order valence-corrected chi connectivity index (χ4v) is 3.84. The van der Waals surface area contributed by atoms with Crippen molar-refractivity contribution in [2.24, 2.45) is 0 Å². The Balaban J connectivity index is 1.57. The molecule has 0 saturated carbocycles. The molecule has 1 aromatic heterocycles. The van der Waals surface area contributed by atoms with Crippen molar-refractivity contribution in [3.8, 4) is 22.8 Å². The number of hydrogen-bond donors (Lipinski definition) is 0. The monoisotopic (exact) mass is 511 g/mol. The summed E-state index contributed by atoms with van der Waals surface area (Å²) < 4.78 is 50.6. The van der Waals surface area contributed by atoms with Gasteiger partial charge in [-0.1, -0.05) is 0 Å². The molecule has 0 aliphatic heterocycles. The highest BCUT2D eigenvalue weighted by Crippen LogP contribution is 2.32. The second-order valence-corrected chi connectivity index (χ2v) is 8.96. The number of nitro benzene ring substituents is 1. The third kappa shape index (κ3) is 7.16. The first-order chi connectivity index (χ1) is 16.2. The van der Waals surface area contributed by atoms with E-state index in [9.17, 15) is 23.1 Å². The van der Waals surface area contributed by atoms with Gasteiger partial charge in [-0.05, 0) is 48.2 Å². The summed E-state index contributed by atoms with van der Waals surface area (Å²) in [6, 6.07) is 7.92. The lowest BCUT2D eigenvalue weighted by molar-refractivity contribution is -0.385. The Bertz CT molecular complexity index is 1220. The van der Waals surface area contributed by atoms with Gasteiger partial charge in [0.05, 0.1) is 30.4 Å². The molecule has 2 aromatic carbocycles. The topological polar surface area (TPSA) is 104 Å². The van der Waals surface area contributed by atoms with Crippen LogP contribution in [0, 0.1) is 21.7 Å². The Morgan fingerprint density at radius 2 is 1.85 bits per heavy atom. The Kier molecular flexibility index (Phi) is 8.83. The van der Waals surface area contributed by atoms with Crippen LogP contribution in [0.5, 0.6) is 11.5 Å². The standard InChI is InChI=1S/C22H20ClF2N3O5S/c1-34(31)13-14-8-16(28(29)30)11-17(9-14)32-6-2-3-7-33-20-10-15(24)4-5-18(20)21-19(25)12-26-22(23)27-21/h4-5,8-12H,2-3,6-7,13H2,1H3. The van der Waals surface area contributed by atoms with E-state index in [4.69, 9.17) is 21.1 Å². The Hall–Kier alpha value is -3.18. The number of non-ortho nitro benzene ring substituents is 1. The van der Waals surface area contributed by atoms with Gasteiger partial charge in [-0.15, -0.1) is 0 Å². The molecule has 0 saturated heterocycles. The molecule has 34 heavy (non-hydrogen) atoms. The number of ether oxygens (including phenoxy) is 2. The lowest BCUT2D eigenvalue weighted by Crippen LogP contribution is -2.05. The summed E-state index contributed by atoms with van der Waals surface area (Å²) in [7, 11) is -1.16. The molecule has 1 atom stereocenters. The van der Waals surface area contributed by atoms with Crippen LogP contribution in [0.25, 0.3) is 11.3 Å². The molecular weight excluding hydrogens is 492 g/mol. The van der Waals surface area contributed by atoms with E-state index in [2.05, 4.69) is 9.97 Å². The molecule has 3 rings (SSSR count). The van der Waals surface area contributed by atoms with Crippen LogP contribution in [0.15, 0.2) is 42.6 Å². The molecule has 0 fully saturated rings. The van der Waals surface area contributed by atoms with Crippen molar-refractivity contribution in [1.29, 1.82) is 0 Å². The molecular formula is C22H20ClF2N3O5S. The number of halogens is 3. The van der Waals surface area contributed by atoms with E-state index in [-0.39, 0.29) is 46.9 Å². The van der Waals surface area contributed by atoms with Crippen molar-refractivity contribution >= 4 is 28.1 Å². The molecule has 0 spiro atoms. The van der Waals surface area contributed by atoms with E-state index >= 15 is 0 Å². The molecule has 3 aromatic rings. The number of benzene rings is 2. The van der Waals surface area contributed by atoms with Crippen molar-refractivity contribution in [3.05, 3.63) is 75.2 Å². The molecule has 0 N–H and O–H groups in total. The second-order valence-electron chi connectivity index (χ2n) is 7.19. The molecule has 0 aliphatic rings. The van der Waals surface area contributed by atoms with E-state index in [1.165, 1.54) is 24.5 Å². The average molecular weight is 512 g/mol. The number of nitrogens with zero attached hydrogens (tertiary/aromatic N) is 3. The van der Waals surface area contributed by atoms with Crippen LogP contribution in [0.4, 0.5) is 14.5 Å². The number of aromatic nitrogens is 2. The first-order valence-corrected chi connectivity index (χ1v) is 12.2. The normalized spacial score (nSPS) is 11.8. The van der Waals surface area contributed by atoms with Crippen LogP contribution in [-0.2, 0) is 16.6 Å².